The highest BCUT2D eigenvalue weighted by molar-refractivity contribution is 7.94. The smallest absolute Gasteiger partial charge is 0.333 e. The average Bonchev–Trinajstić information content (AvgIpc) is 2.21. The normalized spacial score (nSPS) is 10.0. The molecule has 0 aromatic rings. The summed E-state index contributed by atoms with van der Waals surface area (Å²) >= 11 is 1.44. The Balaban J connectivity index is 3.11. The first kappa shape index (κ1) is 14.5. The van der Waals surface area contributed by atoms with Gasteiger partial charge in [0.25, 0.3) is 0 Å². The van der Waals surface area contributed by atoms with Crippen LogP contribution in [0, 0.1) is 0 Å². The van der Waals surface area contributed by atoms with Gasteiger partial charge in [-0.2, -0.15) is 0 Å². The molecule has 0 spiro atoms. The van der Waals surface area contributed by atoms with Gasteiger partial charge < -0.3 is 8.92 Å². The molecule has 15 heavy (non-hydrogen) atoms. The van der Waals surface area contributed by atoms with E-state index in [1.807, 2.05) is 0 Å². The van der Waals surface area contributed by atoms with E-state index in [2.05, 4.69) is 13.5 Å². The Morgan fingerprint density at radius 1 is 1.33 bits per heavy atom. The van der Waals surface area contributed by atoms with Crippen molar-refractivity contribution < 1.29 is 13.7 Å². The van der Waals surface area contributed by atoms with Crippen LogP contribution in [0.25, 0.3) is 0 Å². The van der Waals surface area contributed by atoms with Gasteiger partial charge in [0.15, 0.2) is 0 Å². The molecule has 0 saturated heterocycles. The van der Waals surface area contributed by atoms with Crippen molar-refractivity contribution in [2.75, 3.05) is 19.0 Å². The van der Waals surface area contributed by atoms with Crippen molar-refractivity contribution in [3.63, 3.8) is 0 Å². The van der Waals surface area contributed by atoms with Crippen LogP contribution >= 0.6 is 12.0 Å². The molecule has 0 bridgehead atoms. The molecule has 0 amide bonds. The molecule has 88 valence electrons. The number of esters is 1. The molecule has 4 heteroatoms. The van der Waals surface area contributed by atoms with Gasteiger partial charge >= 0.3 is 5.97 Å². The second-order valence-electron chi connectivity index (χ2n) is 3.27. The summed E-state index contributed by atoms with van der Waals surface area (Å²) in [6.07, 6.45) is 3.63. The zero-order valence-electron chi connectivity index (χ0n) is 9.58. The molecule has 0 saturated carbocycles. The molecular weight excluding hydrogens is 212 g/mol. The minimum Gasteiger partial charge on any atom is -0.460 e. The zero-order valence-corrected chi connectivity index (χ0v) is 10.4. The fraction of sp³-hybridized carbons (Fsp3) is 0.727. The average molecular weight is 232 g/mol. The molecule has 0 aliphatic carbocycles. The minimum atomic E-state index is -0.352. The van der Waals surface area contributed by atoms with Gasteiger partial charge in [0.05, 0.1) is 6.61 Å². The van der Waals surface area contributed by atoms with Crippen molar-refractivity contribution in [3.05, 3.63) is 12.2 Å². The third-order valence-corrected chi connectivity index (χ3v) is 2.45. The standard InChI is InChI=1S/C11H20O3S/c1-4-5-6-9-15-14-8-7-13-11(12)10(2)3/h2,4-9H2,1,3H3. The van der Waals surface area contributed by atoms with E-state index in [-0.39, 0.29) is 5.97 Å². The number of carbonyl (C=O) groups is 1. The summed E-state index contributed by atoms with van der Waals surface area (Å²) in [6.45, 7) is 8.02. The number of carbonyl (C=O) groups excluding carboxylic acids is 1. The molecular formula is C11H20O3S. The largest absolute Gasteiger partial charge is 0.460 e. The van der Waals surface area contributed by atoms with Gasteiger partial charge in [0, 0.05) is 11.3 Å². The van der Waals surface area contributed by atoms with Gasteiger partial charge in [-0.1, -0.05) is 26.3 Å². The molecule has 0 atom stereocenters. The van der Waals surface area contributed by atoms with E-state index in [0.29, 0.717) is 18.8 Å². The van der Waals surface area contributed by atoms with Crippen molar-refractivity contribution in [3.8, 4) is 0 Å². The van der Waals surface area contributed by atoms with Crippen LogP contribution in [0.15, 0.2) is 12.2 Å². The van der Waals surface area contributed by atoms with E-state index in [1.165, 1.54) is 31.3 Å². The van der Waals surface area contributed by atoms with E-state index in [4.69, 9.17) is 8.92 Å². The number of ether oxygens (including phenoxy) is 1. The SMILES string of the molecule is C=C(C)C(=O)OCCOSCCCCC. The van der Waals surface area contributed by atoms with Gasteiger partial charge in [-0.05, 0) is 25.4 Å². The monoisotopic (exact) mass is 232 g/mol. The van der Waals surface area contributed by atoms with Crippen LogP contribution in [0.1, 0.15) is 33.1 Å². The Kier molecular flexibility index (Phi) is 9.73. The van der Waals surface area contributed by atoms with Crippen molar-refractivity contribution in [1.29, 1.82) is 0 Å². The first-order valence-electron chi connectivity index (χ1n) is 5.25. The lowest BCUT2D eigenvalue weighted by atomic mass is 10.3. The Labute approximate surface area is 96.4 Å². The first-order valence-corrected chi connectivity index (χ1v) is 6.16. The predicted octanol–water partition coefficient (Wildman–Crippen LogP) is 2.96. The molecule has 0 aliphatic heterocycles. The number of hydrogen-bond acceptors (Lipinski definition) is 4. The highest BCUT2D eigenvalue weighted by Crippen LogP contribution is 2.07. The predicted molar refractivity (Wildman–Crippen MR) is 63.7 cm³/mol. The van der Waals surface area contributed by atoms with Crippen LogP contribution in [0.5, 0.6) is 0 Å². The quantitative estimate of drug-likeness (QED) is 0.265. The molecule has 0 radical (unpaired) electrons. The summed E-state index contributed by atoms with van der Waals surface area (Å²) in [5, 5.41) is 0. The van der Waals surface area contributed by atoms with Crippen molar-refractivity contribution in [2.45, 2.75) is 33.1 Å². The van der Waals surface area contributed by atoms with Crippen molar-refractivity contribution in [2.24, 2.45) is 0 Å². The van der Waals surface area contributed by atoms with E-state index < -0.39 is 0 Å². The Morgan fingerprint density at radius 2 is 2.07 bits per heavy atom. The molecule has 0 heterocycles. The third-order valence-electron chi connectivity index (χ3n) is 1.66. The van der Waals surface area contributed by atoms with Crippen LogP contribution in [0.2, 0.25) is 0 Å². The molecule has 0 unspecified atom stereocenters. The van der Waals surface area contributed by atoms with Crippen LogP contribution in [-0.2, 0) is 13.7 Å². The van der Waals surface area contributed by atoms with Gasteiger partial charge in [0.2, 0.25) is 0 Å². The maximum Gasteiger partial charge on any atom is 0.333 e. The summed E-state index contributed by atoms with van der Waals surface area (Å²) in [5.74, 6) is 0.650. The lowest BCUT2D eigenvalue weighted by Crippen LogP contribution is -2.09. The van der Waals surface area contributed by atoms with Gasteiger partial charge in [-0.25, -0.2) is 4.79 Å². The second kappa shape index (κ2) is 10.1. The minimum absolute atomic E-state index is 0.298. The van der Waals surface area contributed by atoms with Crippen LogP contribution in [0.4, 0.5) is 0 Å². The summed E-state index contributed by atoms with van der Waals surface area (Å²) < 4.78 is 10.1. The molecule has 3 nitrogen and oxygen atoms in total. The van der Waals surface area contributed by atoms with Crippen molar-refractivity contribution >= 4 is 18.0 Å². The lowest BCUT2D eigenvalue weighted by Gasteiger charge is -2.04. The molecule has 0 aliphatic rings. The van der Waals surface area contributed by atoms with E-state index >= 15 is 0 Å². The van der Waals surface area contributed by atoms with Gasteiger partial charge in [-0.15, -0.1) is 0 Å². The molecule has 0 rings (SSSR count). The van der Waals surface area contributed by atoms with E-state index in [0.717, 1.165) is 5.75 Å². The number of hydrogen-bond donors (Lipinski definition) is 0. The topological polar surface area (TPSA) is 35.5 Å². The molecule has 0 N–H and O–H groups in total. The van der Waals surface area contributed by atoms with Crippen LogP contribution in [0.3, 0.4) is 0 Å². The Hall–Kier alpha value is -0.480. The summed E-state index contributed by atoms with van der Waals surface area (Å²) in [7, 11) is 0. The third kappa shape index (κ3) is 9.82. The summed E-state index contributed by atoms with van der Waals surface area (Å²) in [4.78, 5) is 10.9. The van der Waals surface area contributed by atoms with Gasteiger partial charge in [0.1, 0.15) is 6.61 Å². The number of unbranched alkanes of at least 4 members (excludes halogenated alkanes) is 2. The maximum atomic E-state index is 10.9. The highest BCUT2D eigenvalue weighted by Gasteiger charge is 2.01. The Bertz CT molecular complexity index is 192. The maximum absolute atomic E-state index is 10.9. The second-order valence-corrected chi connectivity index (χ2v) is 4.15. The van der Waals surface area contributed by atoms with Crippen LogP contribution in [-0.4, -0.2) is 24.9 Å². The molecule has 0 aromatic carbocycles. The van der Waals surface area contributed by atoms with Crippen LogP contribution < -0.4 is 0 Å². The highest BCUT2D eigenvalue weighted by atomic mass is 32.2. The fourth-order valence-corrected chi connectivity index (χ4v) is 1.45. The number of rotatable bonds is 9. The molecule has 0 aromatic heterocycles. The summed E-state index contributed by atoms with van der Waals surface area (Å²) in [5.41, 5.74) is 0.422. The Morgan fingerprint density at radius 3 is 2.67 bits per heavy atom. The summed E-state index contributed by atoms with van der Waals surface area (Å²) in [6, 6.07) is 0. The van der Waals surface area contributed by atoms with Gasteiger partial charge in [-0.3, -0.25) is 0 Å². The lowest BCUT2D eigenvalue weighted by molar-refractivity contribution is -0.139. The van der Waals surface area contributed by atoms with E-state index in [9.17, 15) is 4.79 Å². The first-order chi connectivity index (χ1) is 7.18. The van der Waals surface area contributed by atoms with E-state index in [1.54, 1.807) is 6.92 Å². The molecule has 0 fully saturated rings. The zero-order chi connectivity index (χ0) is 11.5. The van der Waals surface area contributed by atoms with Crippen molar-refractivity contribution in [1.82, 2.24) is 0 Å². The fourth-order valence-electron chi connectivity index (χ4n) is 0.820.